The van der Waals surface area contributed by atoms with Gasteiger partial charge in [-0.15, -0.1) is 0 Å². The lowest BCUT2D eigenvalue weighted by molar-refractivity contribution is 0.401. The summed E-state index contributed by atoms with van der Waals surface area (Å²) in [6, 6.07) is 17.2. The van der Waals surface area contributed by atoms with Gasteiger partial charge in [0, 0.05) is 46.2 Å². The molecule has 0 amide bonds. The molecule has 0 bridgehead atoms. The van der Waals surface area contributed by atoms with E-state index in [0.717, 1.165) is 54.6 Å². The number of hydrogen-bond acceptors (Lipinski definition) is 4. The van der Waals surface area contributed by atoms with E-state index in [2.05, 4.69) is 71.2 Å². The van der Waals surface area contributed by atoms with Gasteiger partial charge in [-0.25, -0.2) is 0 Å². The summed E-state index contributed by atoms with van der Waals surface area (Å²) in [5, 5.41) is 4.54. The Labute approximate surface area is 189 Å². The zero-order valence-electron chi connectivity index (χ0n) is 17.9. The van der Waals surface area contributed by atoms with Gasteiger partial charge in [0.1, 0.15) is 5.82 Å². The van der Waals surface area contributed by atoms with Crippen LogP contribution in [0.1, 0.15) is 43.4 Å². The molecule has 31 heavy (non-hydrogen) atoms. The third kappa shape index (κ3) is 3.20. The van der Waals surface area contributed by atoms with E-state index in [1.54, 1.807) is 6.20 Å². The Morgan fingerprint density at radius 2 is 2.10 bits per heavy atom. The molecule has 0 aromatic heterocycles. The molecular formula is C26H29ClN4. The fourth-order valence-corrected chi connectivity index (χ4v) is 6.01. The molecule has 1 saturated carbocycles. The number of aliphatic imine (C=N–C) groups is 1. The number of halogens is 1. The molecule has 160 valence electrons. The summed E-state index contributed by atoms with van der Waals surface area (Å²) in [5.41, 5.74) is 12.8. The predicted octanol–water partition coefficient (Wildman–Crippen LogP) is 5.32. The Hall–Kier alpha value is -2.56. The number of fused-ring (bicyclic) bond motifs is 2. The van der Waals surface area contributed by atoms with Crippen molar-refractivity contribution in [3.05, 3.63) is 88.9 Å². The van der Waals surface area contributed by atoms with Gasteiger partial charge in [0.25, 0.3) is 0 Å². The molecule has 5 heteroatoms. The first kappa shape index (κ1) is 20.3. The van der Waals surface area contributed by atoms with Crippen molar-refractivity contribution >= 4 is 23.0 Å². The van der Waals surface area contributed by atoms with Gasteiger partial charge in [0.05, 0.1) is 0 Å². The van der Waals surface area contributed by atoms with Crippen LogP contribution in [0.2, 0.25) is 5.02 Å². The molecule has 1 saturated heterocycles. The highest BCUT2D eigenvalue weighted by molar-refractivity contribution is 6.30. The van der Waals surface area contributed by atoms with Gasteiger partial charge in [-0.1, -0.05) is 55.4 Å². The normalized spacial score (nSPS) is 30.3. The number of benzene rings is 2. The molecule has 0 unspecified atom stereocenters. The Kier molecular flexibility index (Phi) is 5.15. The molecule has 2 heterocycles. The van der Waals surface area contributed by atoms with Crippen LogP contribution in [-0.2, 0) is 5.41 Å². The Morgan fingerprint density at radius 1 is 1.29 bits per heavy atom. The van der Waals surface area contributed by atoms with E-state index in [0.29, 0.717) is 5.92 Å². The fraction of sp³-hybridized carbons (Fsp3) is 0.346. The average molecular weight is 433 g/mol. The molecule has 2 aliphatic heterocycles. The summed E-state index contributed by atoms with van der Waals surface area (Å²) in [7, 11) is 0. The highest BCUT2D eigenvalue weighted by Gasteiger charge is 2.52. The van der Waals surface area contributed by atoms with Gasteiger partial charge in [0.15, 0.2) is 0 Å². The number of allylic oxidation sites excluding steroid dienone is 1. The molecule has 5 rings (SSSR count). The minimum atomic E-state index is -0.0790. The van der Waals surface area contributed by atoms with Crippen molar-refractivity contribution in [1.82, 2.24) is 5.32 Å². The average Bonchev–Trinajstić information content (AvgIpc) is 3.46. The third-order valence-electron chi connectivity index (χ3n) is 7.26. The summed E-state index contributed by atoms with van der Waals surface area (Å²) >= 11 is 6.51. The Balaban J connectivity index is 1.65. The van der Waals surface area contributed by atoms with Gasteiger partial charge in [-0.2, -0.15) is 0 Å². The molecule has 2 aromatic carbocycles. The first-order valence-corrected chi connectivity index (χ1v) is 11.5. The minimum absolute atomic E-state index is 0.0790. The van der Waals surface area contributed by atoms with Crippen LogP contribution >= 0.6 is 11.6 Å². The van der Waals surface area contributed by atoms with Crippen LogP contribution in [-0.4, -0.2) is 18.8 Å². The minimum Gasteiger partial charge on any atom is -0.385 e. The molecule has 3 N–H and O–H groups in total. The second kappa shape index (κ2) is 7.85. The summed E-state index contributed by atoms with van der Waals surface area (Å²) in [6.07, 6.45) is 4.70. The number of anilines is 1. The van der Waals surface area contributed by atoms with Crippen LogP contribution in [0.3, 0.4) is 0 Å². The van der Waals surface area contributed by atoms with E-state index in [-0.39, 0.29) is 11.5 Å². The van der Waals surface area contributed by atoms with E-state index in [1.165, 1.54) is 16.7 Å². The molecule has 1 aliphatic carbocycles. The van der Waals surface area contributed by atoms with Crippen LogP contribution in [0.25, 0.3) is 0 Å². The van der Waals surface area contributed by atoms with E-state index in [1.807, 2.05) is 6.07 Å². The van der Waals surface area contributed by atoms with E-state index in [4.69, 9.17) is 17.3 Å². The van der Waals surface area contributed by atoms with E-state index in [9.17, 15) is 0 Å². The number of nitrogens with one attached hydrogen (secondary N) is 1. The molecule has 3 aliphatic rings. The summed E-state index contributed by atoms with van der Waals surface area (Å²) < 4.78 is 0. The largest absolute Gasteiger partial charge is 0.385 e. The number of hydrogen-bond donors (Lipinski definition) is 2. The monoisotopic (exact) mass is 432 g/mol. The van der Waals surface area contributed by atoms with Crippen LogP contribution in [0.4, 0.5) is 5.69 Å². The highest BCUT2D eigenvalue weighted by atomic mass is 35.5. The van der Waals surface area contributed by atoms with Gasteiger partial charge < -0.3 is 16.0 Å². The van der Waals surface area contributed by atoms with Gasteiger partial charge >= 0.3 is 0 Å². The fourth-order valence-electron chi connectivity index (χ4n) is 5.84. The summed E-state index contributed by atoms with van der Waals surface area (Å²) in [6.45, 7) is 7.84. The quantitative estimate of drug-likeness (QED) is 0.690. The van der Waals surface area contributed by atoms with Gasteiger partial charge in [-0.3, -0.25) is 4.99 Å². The zero-order chi connectivity index (χ0) is 21.6. The molecule has 1 spiro atoms. The van der Waals surface area contributed by atoms with Crippen molar-refractivity contribution in [1.29, 1.82) is 0 Å². The smallest absolute Gasteiger partial charge is 0.109 e. The van der Waals surface area contributed by atoms with Crippen LogP contribution < -0.4 is 16.0 Å². The van der Waals surface area contributed by atoms with Crippen molar-refractivity contribution in [2.24, 2.45) is 16.6 Å². The first-order chi connectivity index (χ1) is 15.0. The van der Waals surface area contributed by atoms with Crippen LogP contribution in [0.5, 0.6) is 0 Å². The maximum absolute atomic E-state index is 6.92. The van der Waals surface area contributed by atoms with Crippen molar-refractivity contribution < 1.29 is 0 Å². The Bertz CT molecular complexity index is 1070. The van der Waals surface area contributed by atoms with Crippen LogP contribution in [0.15, 0.2) is 77.7 Å². The van der Waals surface area contributed by atoms with Crippen molar-refractivity contribution in [3.63, 3.8) is 0 Å². The van der Waals surface area contributed by atoms with Crippen molar-refractivity contribution in [2.45, 2.75) is 37.6 Å². The SMILES string of the molecule is C=C/N=C1/CC[C@@H](C)/C1=C(/N)N1C[C@]2(CCN[C@H]2c2ccccc2)c2cc(Cl)ccc21. The van der Waals surface area contributed by atoms with Crippen molar-refractivity contribution in [3.8, 4) is 0 Å². The lowest BCUT2D eigenvalue weighted by atomic mass is 9.73. The lowest BCUT2D eigenvalue weighted by Gasteiger charge is -2.33. The first-order valence-electron chi connectivity index (χ1n) is 11.1. The third-order valence-corrected chi connectivity index (χ3v) is 7.50. The lowest BCUT2D eigenvalue weighted by Crippen LogP contribution is -2.40. The van der Waals surface area contributed by atoms with Gasteiger partial charge in [-0.05, 0) is 61.1 Å². The summed E-state index contributed by atoms with van der Waals surface area (Å²) in [5.74, 6) is 1.21. The Morgan fingerprint density at radius 3 is 2.87 bits per heavy atom. The molecule has 0 radical (unpaired) electrons. The molecular weight excluding hydrogens is 404 g/mol. The van der Waals surface area contributed by atoms with E-state index < -0.39 is 0 Å². The van der Waals surface area contributed by atoms with Crippen LogP contribution in [0, 0.1) is 5.92 Å². The number of nitrogens with two attached hydrogens (primary N) is 1. The maximum Gasteiger partial charge on any atom is 0.109 e. The second-order valence-corrected chi connectivity index (χ2v) is 9.39. The summed E-state index contributed by atoms with van der Waals surface area (Å²) in [4.78, 5) is 6.86. The topological polar surface area (TPSA) is 53.6 Å². The second-order valence-electron chi connectivity index (χ2n) is 8.95. The molecule has 2 aromatic rings. The molecule has 3 atom stereocenters. The molecule has 2 fully saturated rings. The predicted molar refractivity (Wildman–Crippen MR) is 130 cm³/mol. The highest BCUT2D eigenvalue weighted by Crippen LogP contribution is 2.54. The standard InChI is InChI=1S/C26H29ClN4/c1-3-29-21-11-9-17(2)23(21)25(28)31-16-26(20-15-19(27)10-12-22(20)31)13-14-30-24(26)18-7-5-4-6-8-18/h3-8,10,12,15,17,24,30H,1,9,11,13-14,16,28H2,2H3/b25-23+,29-21-/t17-,24+,26-/m1/s1. The zero-order valence-corrected chi connectivity index (χ0v) is 18.7. The molecule has 4 nitrogen and oxygen atoms in total. The maximum atomic E-state index is 6.92. The number of rotatable bonds is 3. The number of nitrogens with zero attached hydrogens (tertiary/aromatic N) is 2. The van der Waals surface area contributed by atoms with Crippen molar-refractivity contribution in [2.75, 3.05) is 18.0 Å². The van der Waals surface area contributed by atoms with Gasteiger partial charge in [0.2, 0.25) is 0 Å². The van der Waals surface area contributed by atoms with E-state index >= 15 is 0 Å².